The first kappa shape index (κ1) is 22.5. The van der Waals surface area contributed by atoms with Gasteiger partial charge in [-0.25, -0.2) is 0 Å². The summed E-state index contributed by atoms with van der Waals surface area (Å²) in [5.41, 5.74) is 2.86. The molecule has 1 aromatic heterocycles. The molecule has 2 aliphatic heterocycles. The minimum Gasteiger partial charge on any atom is -0.454 e. The molecule has 8 nitrogen and oxygen atoms in total. The molecule has 0 saturated carbocycles. The number of hydrogen-bond donors (Lipinski definition) is 1. The van der Waals surface area contributed by atoms with Crippen LogP contribution in [-0.4, -0.2) is 52.8 Å². The van der Waals surface area contributed by atoms with Crippen LogP contribution in [0.3, 0.4) is 0 Å². The molecule has 9 heteroatoms. The van der Waals surface area contributed by atoms with Gasteiger partial charge in [0.15, 0.2) is 16.3 Å². The fourth-order valence-electron chi connectivity index (χ4n) is 4.77. The molecular formula is C25H28N4O4S. The largest absolute Gasteiger partial charge is 0.454 e. The molecule has 1 atom stereocenters. The number of fused-ring (bicyclic) bond motifs is 2. The molecule has 0 spiro atoms. The van der Waals surface area contributed by atoms with Crippen molar-refractivity contribution < 1.29 is 14.3 Å². The fourth-order valence-corrected chi connectivity index (χ4v) is 5.05. The average molecular weight is 481 g/mol. The molecule has 1 fully saturated rings. The van der Waals surface area contributed by atoms with Crippen LogP contribution >= 0.6 is 12.2 Å². The maximum Gasteiger partial charge on any atom is 0.262 e. The standard InChI is InChI=1S/C25H28N4O4S/c1-16-5-3-6-18(11-16)28-10-9-27(14-17(28)2)23(30)7-4-8-29-24(31)19-12-21-22(33-15-32-21)13-20(19)26-25(29)34/h3,5-6,11-13,17H,4,7-10,14-15H2,1-2H3,(H,26,34)/t17-/m0/s1. The summed E-state index contributed by atoms with van der Waals surface area (Å²) in [6.07, 6.45) is 0.913. The van der Waals surface area contributed by atoms with Crippen LogP contribution in [0.25, 0.3) is 10.9 Å². The Balaban J connectivity index is 1.22. The van der Waals surface area contributed by atoms with Crippen molar-refractivity contribution in [3.63, 3.8) is 0 Å². The Morgan fingerprint density at radius 3 is 2.74 bits per heavy atom. The van der Waals surface area contributed by atoms with Crippen molar-refractivity contribution in [1.82, 2.24) is 14.5 Å². The van der Waals surface area contributed by atoms with Gasteiger partial charge in [-0.3, -0.25) is 14.2 Å². The van der Waals surface area contributed by atoms with E-state index in [9.17, 15) is 9.59 Å². The number of amides is 1. The van der Waals surface area contributed by atoms with Crippen molar-refractivity contribution in [2.75, 3.05) is 31.3 Å². The molecule has 1 amide bonds. The van der Waals surface area contributed by atoms with E-state index < -0.39 is 0 Å². The van der Waals surface area contributed by atoms with Gasteiger partial charge < -0.3 is 24.3 Å². The summed E-state index contributed by atoms with van der Waals surface area (Å²) in [6, 6.07) is 12.1. The van der Waals surface area contributed by atoms with Gasteiger partial charge in [-0.1, -0.05) is 12.1 Å². The number of nitrogens with zero attached hydrogens (tertiary/aromatic N) is 3. The van der Waals surface area contributed by atoms with Gasteiger partial charge in [-0.2, -0.15) is 0 Å². The van der Waals surface area contributed by atoms with Crippen LogP contribution in [0.15, 0.2) is 41.2 Å². The van der Waals surface area contributed by atoms with E-state index in [4.69, 9.17) is 21.7 Å². The van der Waals surface area contributed by atoms with Crippen LogP contribution in [0.4, 0.5) is 5.69 Å². The zero-order valence-electron chi connectivity index (χ0n) is 19.4. The second kappa shape index (κ2) is 9.13. The summed E-state index contributed by atoms with van der Waals surface area (Å²) in [6.45, 7) is 6.96. The van der Waals surface area contributed by atoms with Gasteiger partial charge in [-0.05, 0) is 56.2 Å². The zero-order chi connectivity index (χ0) is 23.8. The lowest BCUT2D eigenvalue weighted by atomic mass is 10.1. The molecule has 34 heavy (non-hydrogen) atoms. The third-order valence-corrected chi connectivity index (χ3v) is 6.88. The Bertz CT molecular complexity index is 1370. The number of carbonyl (C=O) groups is 1. The highest BCUT2D eigenvalue weighted by atomic mass is 32.1. The Kier molecular flexibility index (Phi) is 6.03. The molecule has 3 aromatic rings. The highest BCUT2D eigenvalue weighted by Crippen LogP contribution is 2.34. The van der Waals surface area contributed by atoms with Crippen LogP contribution in [-0.2, 0) is 11.3 Å². The maximum absolute atomic E-state index is 13.0. The maximum atomic E-state index is 13.0. The Morgan fingerprint density at radius 2 is 1.97 bits per heavy atom. The van der Waals surface area contributed by atoms with Crippen LogP contribution in [0, 0.1) is 11.7 Å². The van der Waals surface area contributed by atoms with E-state index in [1.165, 1.54) is 15.8 Å². The van der Waals surface area contributed by atoms with Crippen LogP contribution in [0.5, 0.6) is 11.5 Å². The van der Waals surface area contributed by atoms with E-state index in [0.29, 0.717) is 59.6 Å². The molecule has 178 valence electrons. The van der Waals surface area contributed by atoms with Gasteiger partial charge in [0.25, 0.3) is 5.56 Å². The summed E-state index contributed by atoms with van der Waals surface area (Å²) in [5, 5.41) is 0.491. The average Bonchev–Trinajstić information content (AvgIpc) is 3.27. The number of piperazine rings is 1. The van der Waals surface area contributed by atoms with Gasteiger partial charge in [0.2, 0.25) is 12.7 Å². The topological polar surface area (TPSA) is 79.8 Å². The summed E-state index contributed by atoms with van der Waals surface area (Å²) in [5.74, 6) is 1.26. The highest BCUT2D eigenvalue weighted by Gasteiger charge is 2.26. The number of aromatic amines is 1. The van der Waals surface area contributed by atoms with E-state index in [0.717, 1.165) is 6.54 Å². The van der Waals surface area contributed by atoms with Crippen LogP contribution < -0.4 is 19.9 Å². The number of benzene rings is 2. The molecular weight excluding hydrogens is 452 g/mol. The summed E-state index contributed by atoms with van der Waals surface area (Å²) in [7, 11) is 0. The number of aryl methyl sites for hydroxylation is 1. The zero-order valence-corrected chi connectivity index (χ0v) is 20.2. The second-order valence-corrected chi connectivity index (χ2v) is 9.35. The number of aromatic nitrogens is 2. The molecule has 2 aromatic carbocycles. The smallest absolute Gasteiger partial charge is 0.262 e. The molecule has 1 saturated heterocycles. The van der Waals surface area contributed by atoms with Gasteiger partial charge in [-0.15, -0.1) is 0 Å². The van der Waals surface area contributed by atoms with Gasteiger partial charge in [0.1, 0.15) is 0 Å². The SMILES string of the molecule is Cc1cccc(N2CCN(C(=O)CCCn3c(=S)[nH]c4cc5c(cc4c3=O)OCO5)C[C@@H]2C)c1. The number of rotatable bonds is 5. The minimum absolute atomic E-state index is 0.114. The Labute approximate surface area is 202 Å². The first-order valence-corrected chi connectivity index (χ1v) is 12.0. The first-order valence-electron chi connectivity index (χ1n) is 11.6. The summed E-state index contributed by atoms with van der Waals surface area (Å²) >= 11 is 5.42. The molecule has 0 radical (unpaired) electrons. The van der Waals surface area contributed by atoms with E-state index in [-0.39, 0.29) is 24.3 Å². The number of anilines is 1. The summed E-state index contributed by atoms with van der Waals surface area (Å²) < 4.78 is 12.6. The Morgan fingerprint density at radius 1 is 1.18 bits per heavy atom. The monoisotopic (exact) mass is 480 g/mol. The fraction of sp³-hybridized carbons (Fsp3) is 0.400. The van der Waals surface area contributed by atoms with Crippen molar-refractivity contribution in [1.29, 1.82) is 0 Å². The quantitative estimate of drug-likeness (QED) is 0.562. The number of carbonyl (C=O) groups excluding carboxylic acids is 1. The molecule has 5 rings (SSSR count). The number of H-pyrrole nitrogens is 1. The Hall–Kier alpha value is -3.33. The van der Waals surface area contributed by atoms with Crippen molar-refractivity contribution in [3.05, 3.63) is 57.1 Å². The van der Waals surface area contributed by atoms with Crippen molar-refractivity contribution in [2.45, 2.75) is 39.3 Å². The van der Waals surface area contributed by atoms with Crippen LogP contribution in [0.1, 0.15) is 25.3 Å². The lowest BCUT2D eigenvalue weighted by Gasteiger charge is -2.41. The predicted molar refractivity (Wildman–Crippen MR) is 133 cm³/mol. The van der Waals surface area contributed by atoms with Crippen molar-refractivity contribution in [2.24, 2.45) is 0 Å². The lowest BCUT2D eigenvalue weighted by molar-refractivity contribution is -0.132. The van der Waals surface area contributed by atoms with E-state index >= 15 is 0 Å². The molecule has 2 aliphatic rings. The molecule has 0 unspecified atom stereocenters. The van der Waals surface area contributed by atoms with E-state index in [1.807, 2.05) is 4.90 Å². The molecule has 0 bridgehead atoms. The van der Waals surface area contributed by atoms with E-state index in [2.05, 4.69) is 48.0 Å². The first-order chi connectivity index (χ1) is 16.4. The summed E-state index contributed by atoms with van der Waals surface area (Å²) in [4.78, 5) is 33.3. The number of ether oxygens (including phenoxy) is 2. The normalized spacial score (nSPS) is 17.4. The third kappa shape index (κ3) is 4.27. The molecule has 1 N–H and O–H groups in total. The van der Waals surface area contributed by atoms with Crippen LogP contribution in [0.2, 0.25) is 0 Å². The highest BCUT2D eigenvalue weighted by molar-refractivity contribution is 7.71. The van der Waals surface area contributed by atoms with E-state index in [1.54, 1.807) is 12.1 Å². The predicted octanol–water partition coefficient (Wildman–Crippen LogP) is 3.61. The molecule has 3 heterocycles. The van der Waals surface area contributed by atoms with Gasteiger partial charge >= 0.3 is 0 Å². The number of hydrogen-bond acceptors (Lipinski definition) is 6. The number of nitrogens with one attached hydrogen (secondary N) is 1. The van der Waals surface area contributed by atoms with Crippen molar-refractivity contribution >= 4 is 34.7 Å². The second-order valence-electron chi connectivity index (χ2n) is 8.96. The minimum atomic E-state index is -0.190. The lowest BCUT2D eigenvalue weighted by Crippen LogP contribution is -2.53. The van der Waals surface area contributed by atoms with Gasteiger partial charge in [0.05, 0.1) is 10.9 Å². The third-order valence-electron chi connectivity index (χ3n) is 6.56. The van der Waals surface area contributed by atoms with Crippen molar-refractivity contribution in [3.8, 4) is 11.5 Å². The molecule has 0 aliphatic carbocycles. The van der Waals surface area contributed by atoms with Gasteiger partial charge in [0, 0.05) is 50.4 Å².